The summed E-state index contributed by atoms with van der Waals surface area (Å²) < 4.78 is 83.1. The average molecular weight is 455 g/mol. The van der Waals surface area contributed by atoms with Crippen LogP contribution in [0.4, 0.5) is 26.3 Å². The van der Waals surface area contributed by atoms with Crippen LogP contribution in [0, 0.1) is 0 Å². The van der Waals surface area contributed by atoms with Gasteiger partial charge in [-0.25, -0.2) is 0 Å². The number of halogens is 6. The number of amides is 1. The summed E-state index contributed by atoms with van der Waals surface area (Å²) in [5, 5.41) is 4.18. The third kappa shape index (κ3) is 5.33. The van der Waals surface area contributed by atoms with Gasteiger partial charge < -0.3 is 10.1 Å². The van der Waals surface area contributed by atoms with E-state index in [0.717, 1.165) is 10.8 Å². The molecule has 0 aliphatic carbocycles. The van der Waals surface area contributed by atoms with Gasteiger partial charge in [-0.05, 0) is 59.2 Å². The third-order valence-electron chi connectivity index (χ3n) is 5.08. The highest BCUT2D eigenvalue weighted by Gasteiger charge is 2.36. The van der Waals surface area contributed by atoms with Crippen LogP contribution in [0.15, 0.2) is 54.6 Å². The number of rotatable bonds is 5. The molecule has 1 N–H and O–H groups in total. The second-order valence-electron chi connectivity index (χ2n) is 7.33. The Labute approximate surface area is 180 Å². The van der Waals surface area contributed by atoms with Crippen molar-refractivity contribution in [1.29, 1.82) is 0 Å². The van der Waals surface area contributed by atoms with Gasteiger partial charge in [-0.1, -0.05) is 24.3 Å². The lowest BCUT2D eigenvalue weighted by atomic mass is 9.96. The van der Waals surface area contributed by atoms with Crippen LogP contribution >= 0.6 is 0 Å². The highest BCUT2D eigenvalue weighted by molar-refractivity contribution is 5.88. The van der Waals surface area contributed by atoms with Crippen molar-refractivity contribution >= 4 is 16.7 Å². The number of nitrogens with one attached hydrogen (secondary N) is 1. The zero-order valence-electron chi connectivity index (χ0n) is 17.1. The Bertz CT molecular complexity index is 1110. The van der Waals surface area contributed by atoms with Crippen LogP contribution in [0.5, 0.6) is 5.75 Å². The first-order chi connectivity index (χ1) is 14.9. The van der Waals surface area contributed by atoms with Crippen LogP contribution in [0.2, 0.25) is 0 Å². The number of carbonyl (C=O) groups is 1. The molecule has 0 spiro atoms. The Hall–Kier alpha value is -3.23. The predicted octanol–water partition coefficient (Wildman–Crippen LogP) is 6.31. The van der Waals surface area contributed by atoms with Crippen molar-refractivity contribution in [3.05, 3.63) is 76.9 Å². The minimum absolute atomic E-state index is 0.0536. The second kappa shape index (κ2) is 8.72. The summed E-state index contributed by atoms with van der Waals surface area (Å²) in [7, 11) is 1.55. The van der Waals surface area contributed by atoms with Crippen LogP contribution in [-0.4, -0.2) is 13.0 Å². The molecule has 170 valence electrons. The van der Waals surface area contributed by atoms with E-state index in [4.69, 9.17) is 4.74 Å². The summed E-state index contributed by atoms with van der Waals surface area (Å²) >= 11 is 0. The third-order valence-corrected chi connectivity index (χ3v) is 5.08. The Morgan fingerprint density at radius 1 is 0.875 bits per heavy atom. The highest BCUT2D eigenvalue weighted by atomic mass is 19.4. The molecular formula is C23H19F6NO2. The number of methoxy groups -OCH3 is 1. The summed E-state index contributed by atoms with van der Waals surface area (Å²) in [6.45, 7) is 1.13. The number of hydrogen-bond donors (Lipinski definition) is 1. The maximum absolute atomic E-state index is 13.0. The van der Waals surface area contributed by atoms with E-state index in [1.807, 2.05) is 12.1 Å². The van der Waals surface area contributed by atoms with E-state index in [-0.39, 0.29) is 11.6 Å². The van der Waals surface area contributed by atoms with Crippen LogP contribution in [-0.2, 0) is 23.7 Å². The largest absolute Gasteiger partial charge is 0.497 e. The quantitative estimate of drug-likeness (QED) is 0.458. The molecule has 0 aliphatic heterocycles. The second-order valence-corrected chi connectivity index (χ2v) is 7.33. The lowest BCUT2D eigenvalue weighted by molar-refractivity contribution is -0.143. The zero-order valence-corrected chi connectivity index (χ0v) is 17.1. The lowest BCUT2D eigenvalue weighted by Gasteiger charge is -2.16. The number of benzene rings is 3. The Morgan fingerprint density at radius 3 is 2.00 bits per heavy atom. The Morgan fingerprint density at radius 2 is 1.44 bits per heavy atom. The van der Waals surface area contributed by atoms with Crippen molar-refractivity contribution < 1.29 is 35.9 Å². The van der Waals surface area contributed by atoms with Gasteiger partial charge in [0.1, 0.15) is 5.75 Å². The minimum atomic E-state index is -4.94. The molecule has 1 atom stereocenters. The maximum atomic E-state index is 13.0. The zero-order chi connectivity index (χ0) is 23.7. The SMILES string of the molecule is COc1ccc2cc([C@H](C)C(=O)NCc3cc(C(F)(F)F)cc(C(F)(F)F)c3)ccc2c1. The number of hydrogen-bond acceptors (Lipinski definition) is 2. The summed E-state index contributed by atoms with van der Waals surface area (Å²) in [6, 6.07) is 12.0. The minimum Gasteiger partial charge on any atom is -0.497 e. The predicted molar refractivity (Wildman–Crippen MR) is 107 cm³/mol. The summed E-state index contributed by atoms with van der Waals surface area (Å²) in [5.41, 5.74) is -2.48. The smallest absolute Gasteiger partial charge is 0.416 e. The highest BCUT2D eigenvalue weighted by Crippen LogP contribution is 2.36. The number of carbonyl (C=O) groups excluding carboxylic acids is 1. The van der Waals surface area contributed by atoms with Gasteiger partial charge in [-0.2, -0.15) is 26.3 Å². The summed E-state index contributed by atoms with van der Waals surface area (Å²) in [4.78, 5) is 12.5. The molecule has 0 saturated heterocycles. The first-order valence-electron chi connectivity index (χ1n) is 9.52. The van der Waals surface area contributed by atoms with Crippen molar-refractivity contribution in [3.8, 4) is 5.75 Å². The first-order valence-corrected chi connectivity index (χ1v) is 9.52. The molecule has 32 heavy (non-hydrogen) atoms. The van der Waals surface area contributed by atoms with Gasteiger partial charge in [-0.3, -0.25) is 4.79 Å². The van der Waals surface area contributed by atoms with Crippen molar-refractivity contribution in [1.82, 2.24) is 5.32 Å². The number of ether oxygens (including phenoxy) is 1. The fourth-order valence-corrected chi connectivity index (χ4v) is 3.25. The fraction of sp³-hybridized carbons (Fsp3) is 0.261. The molecule has 3 aromatic carbocycles. The van der Waals surface area contributed by atoms with Gasteiger partial charge in [0, 0.05) is 6.54 Å². The van der Waals surface area contributed by atoms with Gasteiger partial charge in [0.25, 0.3) is 0 Å². The Kier molecular flexibility index (Phi) is 6.39. The lowest BCUT2D eigenvalue weighted by Crippen LogP contribution is -2.28. The molecule has 0 aliphatic rings. The normalized spacial score (nSPS) is 13.1. The topological polar surface area (TPSA) is 38.3 Å². The van der Waals surface area contributed by atoms with E-state index in [1.165, 1.54) is 0 Å². The van der Waals surface area contributed by atoms with Crippen molar-refractivity contribution in [3.63, 3.8) is 0 Å². The Balaban J connectivity index is 1.78. The molecule has 0 heterocycles. The molecule has 0 unspecified atom stereocenters. The van der Waals surface area contributed by atoms with E-state index in [9.17, 15) is 31.1 Å². The van der Waals surface area contributed by atoms with Crippen LogP contribution in [0.1, 0.15) is 35.1 Å². The molecule has 0 aromatic heterocycles. The summed E-state index contributed by atoms with van der Waals surface area (Å²) in [6.07, 6.45) is -9.89. The average Bonchev–Trinajstić information content (AvgIpc) is 2.74. The van der Waals surface area contributed by atoms with E-state index in [0.29, 0.717) is 23.4 Å². The van der Waals surface area contributed by atoms with Gasteiger partial charge in [0.15, 0.2) is 0 Å². The van der Waals surface area contributed by atoms with E-state index >= 15 is 0 Å². The van der Waals surface area contributed by atoms with Gasteiger partial charge in [0.2, 0.25) is 5.91 Å². The molecule has 0 fully saturated rings. The maximum Gasteiger partial charge on any atom is 0.416 e. The molecule has 3 rings (SSSR count). The van der Waals surface area contributed by atoms with E-state index < -0.39 is 41.8 Å². The van der Waals surface area contributed by atoms with Crippen molar-refractivity contribution in [2.75, 3.05) is 7.11 Å². The van der Waals surface area contributed by atoms with Gasteiger partial charge in [0.05, 0.1) is 24.2 Å². The summed E-state index contributed by atoms with van der Waals surface area (Å²) in [5.74, 6) is -0.520. The van der Waals surface area contributed by atoms with E-state index in [2.05, 4.69) is 5.32 Å². The molecule has 3 aromatic rings. The monoisotopic (exact) mass is 455 g/mol. The van der Waals surface area contributed by atoms with Crippen molar-refractivity contribution in [2.45, 2.75) is 31.7 Å². The first kappa shape index (κ1) is 23.4. The van der Waals surface area contributed by atoms with Crippen molar-refractivity contribution in [2.24, 2.45) is 0 Å². The fourth-order valence-electron chi connectivity index (χ4n) is 3.25. The molecule has 0 radical (unpaired) electrons. The molecule has 9 heteroatoms. The van der Waals surface area contributed by atoms with Gasteiger partial charge >= 0.3 is 12.4 Å². The standard InChI is InChI=1S/C23H19F6NO2/c1-13(15-3-4-17-10-20(32-2)6-5-16(17)9-15)21(31)30-12-14-7-18(22(24,25)26)11-19(8-14)23(27,28)29/h3-11,13H,12H2,1-2H3,(H,30,31)/t13-/m0/s1. The van der Waals surface area contributed by atoms with Crippen LogP contribution in [0.3, 0.4) is 0 Å². The van der Waals surface area contributed by atoms with E-state index in [1.54, 1.807) is 38.3 Å². The van der Waals surface area contributed by atoms with Crippen LogP contribution in [0.25, 0.3) is 10.8 Å². The van der Waals surface area contributed by atoms with Crippen LogP contribution < -0.4 is 10.1 Å². The molecule has 3 nitrogen and oxygen atoms in total. The molecule has 1 amide bonds. The molecule has 0 saturated carbocycles. The molecule has 0 bridgehead atoms. The van der Waals surface area contributed by atoms with Gasteiger partial charge in [-0.15, -0.1) is 0 Å². The number of fused-ring (bicyclic) bond motifs is 1. The molecular weight excluding hydrogens is 436 g/mol. The number of alkyl halides is 6.